The molecule has 1 saturated heterocycles. The van der Waals surface area contributed by atoms with E-state index in [1.54, 1.807) is 6.20 Å². The van der Waals surface area contributed by atoms with Crippen molar-refractivity contribution in [2.75, 3.05) is 13.1 Å². The van der Waals surface area contributed by atoms with Crippen molar-refractivity contribution in [1.29, 1.82) is 0 Å². The first-order chi connectivity index (χ1) is 13.0. The average molecular weight is 366 g/mol. The Balaban J connectivity index is 1.54. The number of fused-ring (bicyclic) bond motifs is 1. The molecule has 1 N–H and O–H groups in total. The molecular formula is C20H22N4O3. The predicted molar refractivity (Wildman–Crippen MR) is 101 cm³/mol. The van der Waals surface area contributed by atoms with E-state index in [1.165, 1.54) is 4.68 Å². The maximum atomic E-state index is 13.2. The van der Waals surface area contributed by atoms with Gasteiger partial charge in [-0.3, -0.25) is 14.3 Å². The van der Waals surface area contributed by atoms with Crippen molar-refractivity contribution in [2.24, 2.45) is 7.05 Å². The van der Waals surface area contributed by atoms with Crippen LogP contribution in [0.2, 0.25) is 0 Å². The molecule has 0 unspecified atom stereocenters. The van der Waals surface area contributed by atoms with Gasteiger partial charge in [-0.25, -0.2) is 0 Å². The van der Waals surface area contributed by atoms with Gasteiger partial charge in [0, 0.05) is 49.4 Å². The number of nitrogens with zero attached hydrogens (tertiary/aromatic N) is 4. The number of carboxylic acids is 1. The standard InChI is InChI=1S/C20H22N4O3/c1-22-12-16(15-6-2-3-7-18(15)22)20(27)23-9-4-5-14(11-23)17-8-10-24(21-17)13-19(25)26/h2-3,6-8,10,12,14H,4-5,9,11,13H2,1H3,(H,25,26)/t14-/m0/s1. The van der Waals surface area contributed by atoms with Gasteiger partial charge < -0.3 is 14.6 Å². The maximum Gasteiger partial charge on any atom is 0.325 e. The molecule has 0 saturated carbocycles. The van der Waals surface area contributed by atoms with E-state index < -0.39 is 5.97 Å². The fourth-order valence-corrected chi connectivity index (χ4v) is 3.91. The number of hydrogen-bond donors (Lipinski definition) is 1. The molecular weight excluding hydrogens is 344 g/mol. The van der Waals surface area contributed by atoms with Gasteiger partial charge in [-0.05, 0) is 25.0 Å². The Bertz CT molecular complexity index is 1000. The van der Waals surface area contributed by atoms with E-state index in [2.05, 4.69) is 5.10 Å². The van der Waals surface area contributed by atoms with E-state index in [0.717, 1.165) is 41.5 Å². The van der Waals surface area contributed by atoms with Crippen LogP contribution < -0.4 is 0 Å². The van der Waals surface area contributed by atoms with Gasteiger partial charge in [-0.2, -0.15) is 5.10 Å². The van der Waals surface area contributed by atoms with E-state index in [0.29, 0.717) is 6.54 Å². The van der Waals surface area contributed by atoms with Crippen LogP contribution in [0.3, 0.4) is 0 Å². The fraction of sp³-hybridized carbons (Fsp3) is 0.350. The number of para-hydroxylation sites is 1. The van der Waals surface area contributed by atoms with Crippen LogP contribution >= 0.6 is 0 Å². The largest absolute Gasteiger partial charge is 0.480 e. The minimum Gasteiger partial charge on any atom is -0.480 e. The SMILES string of the molecule is Cn1cc(C(=O)N2CCC[C@H](c3ccn(CC(=O)O)n3)C2)c2ccccc21. The molecule has 3 aromatic rings. The van der Waals surface area contributed by atoms with Gasteiger partial charge in [0.05, 0.1) is 11.3 Å². The Morgan fingerprint density at radius 3 is 2.89 bits per heavy atom. The number of hydrogen-bond acceptors (Lipinski definition) is 3. The normalized spacial score (nSPS) is 17.4. The van der Waals surface area contributed by atoms with E-state index in [-0.39, 0.29) is 18.4 Å². The summed E-state index contributed by atoms with van der Waals surface area (Å²) in [5.74, 6) is -0.741. The van der Waals surface area contributed by atoms with Gasteiger partial charge in [0.1, 0.15) is 6.54 Å². The highest BCUT2D eigenvalue weighted by Gasteiger charge is 2.28. The summed E-state index contributed by atoms with van der Waals surface area (Å²) in [6.07, 6.45) is 5.45. The van der Waals surface area contributed by atoms with Crippen molar-refractivity contribution in [1.82, 2.24) is 19.2 Å². The molecule has 7 nitrogen and oxygen atoms in total. The Hall–Kier alpha value is -3.09. The second-order valence-corrected chi connectivity index (χ2v) is 7.09. The lowest BCUT2D eigenvalue weighted by Gasteiger charge is -2.32. The molecule has 0 radical (unpaired) electrons. The molecule has 1 fully saturated rings. The lowest BCUT2D eigenvalue weighted by molar-refractivity contribution is -0.137. The van der Waals surface area contributed by atoms with Crippen LogP contribution in [-0.2, 0) is 18.4 Å². The molecule has 1 aliphatic rings. The molecule has 0 bridgehead atoms. The number of carbonyl (C=O) groups excluding carboxylic acids is 1. The molecule has 7 heteroatoms. The Labute approximate surface area is 156 Å². The topological polar surface area (TPSA) is 80.4 Å². The first-order valence-electron chi connectivity index (χ1n) is 9.11. The molecule has 1 atom stereocenters. The number of carboxylic acid groups (broad SMARTS) is 1. The second kappa shape index (κ2) is 6.90. The Kier molecular flexibility index (Phi) is 4.43. The van der Waals surface area contributed by atoms with Crippen molar-refractivity contribution in [3.05, 3.63) is 54.0 Å². The summed E-state index contributed by atoms with van der Waals surface area (Å²) in [4.78, 5) is 25.9. The smallest absolute Gasteiger partial charge is 0.325 e. The Morgan fingerprint density at radius 1 is 1.26 bits per heavy atom. The zero-order valence-corrected chi connectivity index (χ0v) is 15.2. The van der Waals surface area contributed by atoms with Crippen LogP contribution in [0.1, 0.15) is 34.8 Å². The average Bonchev–Trinajstić information content (AvgIpc) is 3.26. The third-order valence-electron chi connectivity index (χ3n) is 5.21. The molecule has 1 amide bonds. The summed E-state index contributed by atoms with van der Waals surface area (Å²) in [5, 5.41) is 14.3. The first-order valence-corrected chi connectivity index (χ1v) is 9.11. The summed E-state index contributed by atoms with van der Waals surface area (Å²) in [5.41, 5.74) is 2.62. The van der Waals surface area contributed by atoms with Crippen molar-refractivity contribution in [3.8, 4) is 0 Å². The molecule has 0 spiro atoms. The van der Waals surface area contributed by atoms with Crippen LogP contribution in [0.15, 0.2) is 42.7 Å². The number of amides is 1. The number of likely N-dealkylation sites (tertiary alicyclic amines) is 1. The van der Waals surface area contributed by atoms with Crippen molar-refractivity contribution < 1.29 is 14.7 Å². The fourth-order valence-electron chi connectivity index (χ4n) is 3.91. The number of rotatable bonds is 4. The molecule has 3 heterocycles. The van der Waals surface area contributed by atoms with Crippen LogP contribution in [-0.4, -0.2) is 49.3 Å². The van der Waals surface area contributed by atoms with Gasteiger partial charge in [0.2, 0.25) is 0 Å². The van der Waals surface area contributed by atoms with Gasteiger partial charge in [-0.1, -0.05) is 18.2 Å². The summed E-state index contributed by atoms with van der Waals surface area (Å²) in [6.45, 7) is 1.19. The van der Waals surface area contributed by atoms with E-state index in [4.69, 9.17) is 5.11 Å². The van der Waals surface area contributed by atoms with E-state index in [1.807, 2.05) is 53.0 Å². The van der Waals surface area contributed by atoms with E-state index in [9.17, 15) is 9.59 Å². The number of carbonyl (C=O) groups is 2. The quantitative estimate of drug-likeness (QED) is 0.769. The van der Waals surface area contributed by atoms with Crippen molar-refractivity contribution >= 4 is 22.8 Å². The minimum atomic E-state index is -0.916. The lowest BCUT2D eigenvalue weighted by atomic mass is 9.94. The third-order valence-corrected chi connectivity index (χ3v) is 5.21. The zero-order chi connectivity index (χ0) is 19.0. The zero-order valence-electron chi connectivity index (χ0n) is 15.2. The molecule has 4 rings (SSSR count). The summed E-state index contributed by atoms with van der Waals surface area (Å²) >= 11 is 0. The van der Waals surface area contributed by atoms with Gasteiger partial charge in [0.25, 0.3) is 5.91 Å². The maximum absolute atomic E-state index is 13.2. The number of piperidine rings is 1. The lowest BCUT2D eigenvalue weighted by Crippen LogP contribution is -2.39. The van der Waals surface area contributed by atoms with Crippen LogP contribution in [0.4, 0.5) is 0 Å². The van der Waals surface area contributed by atoms with Gasteiger partial charge >= 0.3 is 5.97 Å². The summed E-state index contributed by atoms with van der Waals surface area (Å²) < 4.78 is 3.42. The minimum absolute atomic E-state index is 0.0430. The molecule has 27 heavy (non-hydrogen) atoms. The molecule has 1 aromatic carbocycles. The van der Waals surface area contributed by atoms with Crippen molar-refractivity contribution in [2.45, 2.75) is 25.3 Å². The molecule has 2 aromatic heterocycles. The van der Waals surface area contributed by atoms with Crippen LogP contribution in [0.25, 0.3) is 10.9 Å². The van der Waals surface area contributed by atoms with Crippen molar-refractivity contribution in [3.63, 3.8) is 0 Å². The predicted octanol–water partition coefficient (Wildman–Crippen LogP) is 2.48. The highest BCUT2D eigenvalue weighted by atomic mass is 16.4. The number of aryl methyl sites for hydroxylation is 1. The number of aliphatic carboxylic acids is 1. The van der Waals surface area contributed by atoms with E-state index >= 15 is 0 Å². The van der Waals surface area contributed by atoms with Gasteiger partial charge in [0.15, 0.2) is 0 Å². The number of benzene rings is 1. The van der Waals surface area contributed by atoms with Gasteiger partial charge in [-0.15, -0.1) is 0 Å². The monoisotopic (exact) mass is 366 g/mol. The van der Waals surface area contributed by atoms with Crippen LogP contribution in [0.5, 0.6) is 0 Å². The molecule has 1 aliphatic heterocycles. The number of aromatic nitrogens is 3. The summed E-state index contributed by atoms with van der Waals surface area (Å²) in [7, 11) is 1.95. The third kappa shape index (κ3) is 3.32. The van der Waals surface area contributed by atoms with Crippen LogP contribution in [0, 0.1) is 0 Å². The highest BCUT2D eigenvalue weighted by Crippen LogP contribution is 2.28. The highest BCUT2D eigenvalue weighted by molar-refractivity contribution is 6.07. The molecule has 140 valence electrons. The molecule has 0 aliphatic carbocycles. The Morgan fingerprint density at radius 2 is 2.07 bits per heavy atom. The summed E-state index contributed by atoms with van der Waals surface area (Å²) in [6, 6.07) is 9.78. The second-order valence-electron chi connectivity index (χ2n) is 7.09. The first kappa shape index (κ1) is 17.3.